The first-order valence-electron chi connectivity index (χ1n) is 24.7. The Hall–Kier alpha value is -4.19. The molecule has 0 N–H and O–H groups in total. The average Bonchev–Trinajstić information content (AvgIpc) is 3.27. The molecule has 0 spiro atoms. The Labute approximate surface area is 380 Å². The van der Waals surface area contributed by atoms with Gasteiger partial charge in [0.15, 0.2) is 6.10 Å². The summed E-state index contributed by atoms with van der Waals surface area (Å²) < 4.78 is 16.7. The molecule has 0 aliphatic carbocycles. The Morgan fingerprint density at radius 1 is 0.339 bits per heavy atom. The van der Waals surface area contributed by atoms with Crippen molar-refractivity contribution < 1.29 is 28.6 Å². The normalized spacial score (nSPS) is 13.1. The fourth-order valence-electron chi connectivity index (χ4n) is 6.22. The van der Waals surface area contributed by atoms with Gasteiger partial charge < -0.3 is 14.2 Å². The fraction of sp³-hybridized carbons (Fsp3) is 0.589. The van der Waals surface area contributed by atoms with Crippen LogP contribution in [0.2, 0.25) is 0 Å². The Kier molecular flexibility index (Phi) is 46.1. The Balaban J connectivity index is 4.57. The number of ether oxygens (including phenoxy) is 3. The van der Waals surface area contributed by atoms with Gasteiger partial charge in [-0.1, -0.05) is 213 Å². The van der Waals surface area contributed by atoms with Crippen molar-refractivity contribution in [2.24, 2.45) is 0 Å². The molecule has 6 heteroatoms. The minimum Gasteiger partial charge on any atom is -0.462 e. The van der Waals surface area contributed by atoms with Gasteiger partial charge in [-0.3, -0.25) is 14.4 Å². The molecule has 0 aromatic heterocycles. The molecule has 0 fully saturated rings. The molecule has 348 valence electrons. The molecule has 1 unspecified atom stereocenters. The van der Waals surface area contributed by atoms with Crippen LogP contribution in [0.15, 0.2) is 122 Å². The molecule has 6 nitrogen and oxygen atoms in total. The first kappa shape index (κ1) is 57.8. The van der Waals surface area contributed by atoms with Gasteiger partial charge in [-0.2, -0.15) is 0 Å². The highest BCUT2D eigenvalue weighted by Gasteiger charge is 2.19. The predicted octanol–water partition coefficient (Wildman–Crippen LogP) is 16.1. The standard InChI is InChI=1S/C56H88O6/c1-4-7-10-13-16-19-22-25-27-29-31-34-37-40-43-46-49-55(58)61-52-53(51-60-54(57)48-45-42-39-36-33-30-24-21-18-15-12-9-6-3)62-56(59)50-47-44-41-38-35-32-28-26-23-20-17-14-11-8-5-2/h8-9,11-12,14-15,17-18,20-21,23-24,26-29,31-32,34-35,53H,4-7,10,13,16,19,22,25,30,33,36-52H2,1-3H3/b11-8-,12-9-,17-14-,18-15-,23-20-,24-21-,28-26-,29-27-,34-31-,35-32-. The number of carbonyl (C=O) groups excluding carboxylic acids is 3. The molecule has 0 amide bonds. The van der Waals surface area contributed by atoms with Crippen molar-refractivity contribution in [3.8, 4) is 0 Å². The lowest BCUT2D eigenvalue weighted by molar-refractivity contribution is -0.167. The fourth-order valence-corrected chi connectivity index (χ4v) is 6.22. The summed E-state index contributed by atoms with van der Waals surface area (Å²) in [7, 11) is 0. The zero-order valence-electron chi connectivity index (χ0n) is 39.6. The number of rotatable bonds is 42. The SMILES string of the molecule is CC\C=C/C=C\C=C/C=C\C=C/CCCCCC(=O)OC(COC(=O)CCCCC/C=C\C=C/CCCCCCCCC)COC(=O)CCCCCCC\C=C/C=C\C=C/CC. The molecule has 0 aromatic rings. The summed E-state index contributed by atoms with van der Waals surface area (Å²) in [4.78, 5) is 37.9. The van der Waals surface area contributed by atoms with Crippen molar-refractivity contribution in [2.45, 2.75) is 200 Å². The van der Waals surface area contributed by atoms with E-state index in [4.69, 9.17) is 14.2 Å². The summed E-state index contributed by atoms with van der Waals surface area (Å²) in [6.07, 6.45) is 67.5. The number of hydrogen-bond acceptors (Lipinski definition) is 6. The van der Waals surface area contributed by atoms with E-state index in [1.54, 1.807) is 0 Å². The third kappa shape index (κ3) is 46.9. The number of esters is 3. The van der Waals surface area contributed by atoms with Gasteiger partial charge in [0.1, 0.15) is 13.2 Å². The van der Waals surface area contributed by atoms with E-state index >= 15 is 0 Å². The minimum atomic E-state index is -0.822. The maximum atomic E-state index is 12.8. The summed E-state index contributed by atoms with van der Waals surface area (Å²) in [5.74, 6) is -1.02. The quantitative estimate of drug-likeness (QED) is 0.0263. The second-order valence-electron chi connectivity index (χ2n) is 15.8. The maximum Gasteiger partial charge on any atom is 0.306 e. The molecule has 0 aliphatic heterocycles. The summed E-state index contributed by atoms with van der Waals surface area (Å²) in [5.41, 5.74) is 0. The molecular formula is C56H88O6. The summed E-state index contributed by atoms with van der Waals surface area (Å²) in [6.45, 7) is 6.25. The summed E-state index contributed by atoms with van der Waals surface area (Å²) >= 11 is 0. The Morgan fingerprint density at radius 2 is 0.629 bits per heavy atom. The number of unbranched alkanes of at least 4 members (excludes halogenated alkanes) is 18. The minimum absolute atomic E-state index is 0.119. The van der Waals surface area contributed by atoms with Crippen molar-refractivity contribution in [1.82, 2.24) is 0 Å². The zero-order chi connectivity index (χ0) is 45.1. The van der Waals surface area contributed by atoms with Gasteiger partial charge in [-0.25, -0.2) is 0 Å². The topological polar surface area (TPSA) is 78.9 Å². The monoisotopic (exact) mass is 857 g/mol. The number of hydrogen-bond donors (Lipinski definition) is 0. The first-order valence-corrected chi connectivity index (χ1v) is 24.7. The van der Waals surface area contributed by atoms with E-state index in [2.05, 4.69) is 87.6 Å². The highest BCUT2D eigenvalue weighted by Crippen LogP contribution is 2.12. The molecule has 0 bridgehead atoms. The van der Waals surface area contributed by atoms with Crippen LogP contribution < -0.4 is 0 Å². The van der Waals surface area contributed by atoms with Crippen LogP contribution in [0.3, 0.4) is 0 Å². The summed E-state index contributed by atoms with van der Waals surface area (Å²) in [5, 5.41) is 0. The van der Waals surface area contributed by atoms with Crippen LogP contribution in [0.5, 0.6) is 0 Å². The van der Waals surface area contributed by atoms with Crippen LogP contribution in [-0.4, -0.2) is 37.2 Å². The van der Waals surface area contributed by atoms with Crippen LogP contribution in [0.1, 0.15) is 194 Å². The van der Waals surface area contributed by atoms with Crippen LogP contribution in [-0.2, 0) is 28.6 Å². The van der Waals surface area contributed by atoms with Gasteiger partial charge >= 0.3 is 17.9 Å². The smallest absolute Gasteiger partial charge is 0.306 e. The van der Waals surface area contributed by atoms with Gasteiger partial charge in [0.25, 0.3) is 0 Å². The van der Waals surface area contributed by atoms with Gasteiger partial charge in [-0.05, 0) is 83.5 Å². The Morgan fingerprint density at radius 3 is 1.02 bits per heavy atom. The molecule has 0 radical (unpaired) electrons. The van der Waals surface area contributed by atoms with E-state index < -0.39 is 6.10 Å². The lowest BCUT2D eigenvalue weighted by atomic mass is 10.1. The molecule has 0 aromatic carbocycles. The molecule has 0 rings (SSSR count). The average molecular weight is 857 g/mol. The van der Waals surface area contributed by atoms with Crippen molar-refractivity contribution in [2.75, 3.05) is 13.2 Å². The molecular weight excluding hydrogens is 769 g/mol. The van der Waals surface area contributed by atoms with Crippen molar-refractivity contribution in [3.05, 3.63) is 122 Å². The first-order chi connectivity index (χ1) is 30.5. The number of carbonyl (C=O) groups is 3. The molecule has 1 atom stereocenters. The van der Waals surface area contributed by atoms with Crippen LogP contribution >= 0.6 is 0 Å². The highest BCUT2D eigenvalue weighted by atomic mass is 16.6. The van der Waals surface area contributed by atoms with Gasteiger partial charge in [0.2, 0.25) is 0 Å². The largest absolute Gasteiger partial charge is 0.462 e. The lowest BCUT2D eigenvalue weighted by Crippen LogP contribution is -2.30. The van der Waals surface area contributed by atoms with E-state index in [0.717, 1.165) is 103 Å². The molecule has 0 heterocycles. The third-order valence-electron chi connectivity index (χ3n) is 9.90. The van der Waals surface area contributed by atoms with Crippen molar-refractivity contribution in [3.63, 3.8) is 0 Å². The lowest BCUT2D eigenvalue weighted by Gasteiger charge is -2.18. The van der Waals surface area contributed by atoms with Crippen molar-refractivity contribution in [1.29, 1.82) is 0 Å². The van der Waals surface area contributed by atoms with E-state index in [-0.39, 0.29) is 37.5 Å². The molecule has 0 saturated carbocycles. The van der Waals surface area contributed by atoms with E-state index in [0.29, 0.717) is 19.3 Å². The van der Waals surface area contributed by atoms with Gasteiger partial charge in [0, 0.05) is 19.3 Å². The highest BCUT2D eigenvalue weighted by molar-refractivity contribution is 5.71. The van der Waals surface area contributed by atoms with Gasteiger partial charge in [-0.15, -0.1) is 0 Å². The zero-order valence-corrected chi connectivity index (χ0v) is 39.6. The Bertz CT molecular complexity index is 1350. The van der Waals surface area contributed by atoms with Crippen LogP contribution in [0.25, 0.3) is 0 Å². The summed E-state index contributed by atoms with van der Waals surface area (Å²) in [6, 6.07) is 0. The van der Waals surface area contributed by atoms with Crippen LogP contribution in [0.4, 0.5) is 0 Å². The van der Waals surface area contributed by atoms with Crippen LogP contribution in [0, 0.1) is 0 Å². The molecule has 62 heavy (non-hydrogen) atoms. The van der Waals surface area contributed by atoms with E-state index in [1.165, 1.54) is 44.9 Å². The second-order valence-corrected chi connectivity index (χ2v) is 15.8. The number of allylic oxidation sites excluding steroid dienone is 20. The van der Waals surface area contributed by atoms with Gasteiger partial charge in [0.05, 0.1) is 0 Å². The third-order valence-corrected chi connectivity index (χ3v) is 9.90. The van der Waals surface area contributed by atoms with E-state index in [1.807, 2.05) is 54.7 Å². The van der Waals surface area contributed by atoms with E-state index in [9.17, 15) is 14.4 Å². The molecule has 0 aliphatic rings. The second kappa shape index (κ2) is 49.5. The maximum absolute atomic E-state index is 12.8. The predicted molar refractivity (Wildman–Crippen MR) is 265 cm³/mol. The molecule has 0 saturated heterocycles. The van der Waals surface area contributed by atoms with Crippen molar-refractivity contribution >= 4 is 17.9 Å².